The fraction of sp³-hybridized carbons (Fsp3) is 0.533. The number of amides is 1. The molecule has 2 unspecified atom stereocenters. The number of halogens is 1. The van der Waals surface area contributed by atoms with E-state index in [4.69, 9.17) is 26.8 Å². The first-order chi connectivity index (χ1) is 10.1. The normalized spacial score (nSPS) is 23.9. The molecule has 0 saturated heterocycles. The Balaban J connectivity index is 1.63. The molecule has 5 nitrogen and oxygen atoms in total. The van der Waals surface area contributed by atoms with Crippen molar-refractivity contribution in [2.24, 2.45) is 11.7 Å². The van der Waals surface area contributed by atoms with E-state index in [0.717, 1.165) is 24.8 Å². The van der Waals surface area contributed by atoms with Crippen molar-refractivity contribution in [1.82, 2.24) is 5.32 Å². The number of benzene rings is 1. The van der Waals surface area contributed by atoms with Gasteiger partial charge in [0.1, 0.15) is 13.2 Å². The molecule has 3 N–H and O–H groups in total. The molecule has 1 aliphatic heterocycles. The van der Waals surface area contributed by atoms with E-state index in [0.29, 0.717) is 36.3 Å². The third kappa shape index (κ3) is 3.24. The molecule has 1 aromatic rings. The molecule has 6 heteroatoms. The highest BCUT2D eigenvalue weighted by Gasteiger charge is 2.27. The van der Waals surface area contributed by atoms with Crippen LogP contribution in [0.4, 0.5) is 0 Å². The highest BCUT2D eigenvalue weighted by Crippen LogP contribution is 2.38. The van der Waals surface area contributed by atoms with Gasteiger partial charge in [-0.3, -0.25) is 4.79 Å². The number of hydrogen-bond acceptors (Lipinski definition) is 4. The maximum absolute atomic E-state index is 12.1. The average Bonchev–Trinajstić information content (AvgIpc) is 2.91. The summed E-state index contributed by atoms with van der Waals surface area (Å²) in [5.41, 5.74) is 6.74. The highest BCUT2D eigenvalue weighted by atomic mass is 35.5. The van der Waals surface area contributed by atoms with Gasteiger partial charge in [-0.15, -0.1) is 0 Å². The van der Waals surface area contributed by atoms with Crippen LogP contribution < -0.4 is 20.5 Å². The summed E-state index contributed by atoms with van der Waals surface area (Å²) in [6.45, 7) is 1.45. The summed E-state index contributed by atoms with van der Waals surface area (Å²) in [5, 5.41) is 3.46. The molecule has 0 spiro atoms. The van der Waals surface area contributed by atoms with Gasteiger partial charge in [0.05, 0.1) is 5.02 Å². The lowest BCUT2D eigenvalue weighted by Gasteiger charge is -2.20. The largest absolute Gasteiger partial charge is 0.486 e. The quantitative estimate of drug-likeness (QED) is 0.893. The van der Waals surface area contributed by atoms with Crippen molar-refractivity contribution in [2.45, 2.75) is 31.8 Å². The molecular weight excluding hydrogens is 292 g/mol. The van der Waals surface area contributed by atoms with Gasteiger partial charge in [0.2, 0.25) is 5.91 Å². The van der Waals surface area contributed by atoms with Crippen molar-refractivity contribution in [2.75, 3.05) is 13.2 Å². The van der Waals surface area contributed by atoms with Crippen LogP contribution in [0.2, 0.25) is 5.02 Å². The lowest BCUT2D eigenvalue weighted by molar-refractivity contribution is -0.125. The van der Waals surface area contributed by atoms with Gasteiger partial charge in [-0.2, -0.15) is 0 Å². The number of ether oxygens (including phenoxy) is 2. The molecule has 1 fully saturated rings. The number of fused-ring (bicyclic) bond motifs is 1. The fourth-order valence-corrected chi connectivity index (χ4v) is 3.14. The third-order valence-corrected chi connectivity index (χ3v) is 4.25. The summed E-state index contributed by atoms with van der Waals surface area (Å²) >= 11 is 6.17. The van der Waals surface area contributed by atoms with Crippen LogP contribution >= 0.6 is 11.6 Å². The van der Waals surface area contributed by atoms with Crippen molar-refractivity contribution in [3.05, 3.63) is 22.7 Å². The summed E-state index contributed by atoms with van der Waals surface area (Å²) in [6.07, 6.45) is 2.57. The second-order valence-corrected chi connectivity index (χ2v) is 6.00. The first-order valence-corrected chi connectivity index (χ1v) is 7.62. The Morgan fingerprint density at radius 3 is 2.90 bits per heavy atom. The smallest absolute Gasteiger partial charge is 0.223 e. The molecule has 1 heterocycles. The minimum Gasteiger partial charge on any atom is -0.486 e. The number of carbonyl (C=O) groups is 1. The minimum atomic E-state index is 0.0349. The van der Waals surface area contributed by atoms with Crippen LogP contribution in [0.25, 0.3) is 0 Å². The molecule has 3 rings (SSSR count). The predicted molar refractivity (Wildman–Crippen MR) is 79.6 cm³/mol. The van der Waals surface area contributed by atoms with Gasteiger partial charge < -0.3 is 20.5 Å². The Labute approximate surface area is 128 Å². The molecule has 114 valence electrons. The number of nitrogens with two attached hydrogens (primary N) is 1. The van der Waals surface area contributed by atoms with Crippen LogP contribution in [0.5, 0.6) is 11.5 Å². The van der Waals surface area contributed by atoms with Gasteiger partial charge in [0.15, 0.2) is 11.5 Å². The number of rotatable bonds is 3. The third-order valence-electron chi connectivity index (χ3n) is 3.97. The van der Waals surface area contributed by atoms with Crippen LogP contribution in [0.15, 0.2) is 12.1 Å². The summed E-state index contributed by atoms with van der Waals surface area (Å²) in [7, 11) is 0. The summed E-state index contributed by atoms with van der Waals surface area (Å²) in [4.78, 5) is 12.1. The van der Waals surface area contributed by atoms with E-state index in [1.807, 2.05) is 6.07 Å². The van der Waals surface area contributed by atoms with Crippen molar-refractivity contribution in [1.29, 1.82) is 0 Å². The van der Waals surface area contributed by atoms with Crippen LogP contribution in [-0.2, 0) is 11.3 Å². The number of nitrogens with one attached hydrogen (secondary N) is 1. The fourth-order valence-electron chi connectivity index (χ4n) is 2.85. The molecule has 1 amide bonds. The van der Waals surface area contributed by atoms with E-state index in [1.165, 1.54) is 0 Å². The van der Waals surface area contributed by atoms with Gasteiger partial charge >= 0.3 is 0 Å². The van der Waals surface area contributed by atoms with Crippen molar-refractivity contribution >= 4 is 17.5 Å². The molecule has 0 radical (unpaired) electrons. The molecule has 0 bridgehead atoms. The monoisotopic (exact) mass is 310 g/mol. The highest BCUT2D eigenvalue weighted by molar-refractivity contribution is 6.32. The standard InChI is InChI=1S/C15H19ClN2O3/c16-12-5-9(6-13-14(12)21-4-3-20-13)8-18-15(19)10-1-2-11(17)7-10/h5-6,10-11H,1-4,7-8,17H2,(H,18,19). The van der Waals surface area contributed by atoms with Crippen molar-refractivity contribution < 1.29 is 14.3 Å². The van der Waals surface area contributed by atoms with Crippen molar-refractivity contribution in [3.8, 4) is 11.5 Å². The van der Waals surface area contributed by atoms with Crippen molar-refractivity contribution in [3.63, 3.8) is 0 Å². The van der Waals surface area contributed by atoms with Gasteiger partial charge in [-0.25, -0.2) is 0 Å². The predicted octanol–water partition coefficient (Wildman–Crippen LogP) is 1.85. The summed E-state index contributed by atoms with van der Waals surface area (Å²) in [6, 6.07) is 3.82. The Bertz CT molecular complexity index is 550. The van der Waals surface area contributed by atoms with Gasteiger partial charge in [0, 0.05) is 18.5 Å². The Morgan fingerprint density at radius 1 is 1.33 bits per heavy atom. The van der Waals surface area contributed by atoms with Crippen LogP contribution in [-0.4, -0.2) is 25.2 Å². The van der Waals surface area contributed by atoms with Crippen LogP contribution in [0.3, 0.4) is 0 Å². The van der Waals surface area contributed by atoms with E-state index < -0.39 is 0 Å². The first-order valence-electron chi connectivity index (χ1n) is 7.25. The maximum atomic E-state index is 12.1. The Hall–Kier alpha value is -1.46. The average molecular weight is 311 g/mol. The molecule has 2 atom stereocenters. The molecule has 1 saturated carbocycles. The lowest BCUT2D eigenvalue weighted by Crippen LogP contribution is -2.30. The zero-order chi connectivity index (χ0) is 14.8. The topological polar surface area (TPSA) is 73.6 Å². The van der Waals surface area contributed by atoms with Gasteiger partial charge in [0.25, 0.3) is 0 Å². The molecule has 0 aromatic heterocycles. The van der Waals surface area contributed by atoms with E-state index in [1.54, 1.807) is 6.07 Å². The molecule has 21 heavy (non-hydrogen) atoms. The second-order valence-electron chi connectivity index (χ2n) is 5.59. The zero-order valence-electron chi connectivity index (χ0n) is 11.7. The van der Waals surface area contributed by atoms with E-state index in [9.17, 15) is 4.79 Å². The minimum absolute atomic E-state index is 0.0349. The lowest BCUT2D eigenvalue weighted by atomic mass is 10.1. The first kappa shape index (κ1) is 14.5. The summed E-state index contributed by atoms with van der Waals surface area (Å²) < 4.78 is 11.0. The molecule has 1 aromatic carbocycles. The Kier molecular flexibility index (Phi) is 4.22. The van der Waals surface area contributed by atoms with Crippen LogP contribution in [0.1, 0.15) is 24.8 Å². The molecule has 2 aliphatic rings. The van der Waals surface area contributed by atoms with Gasteiger partial charge in [-0.1, -0.05) is 11.6 Å². The molecular formula is C15H19ClN2O3. The summed E-state index contributed by atoms with van der Waals surface area (Å²) in [5.74, 6) is 1.32. The second kappa shape index (κ2) is 6.12. The SMILES string of the molecule is NC1CCC(C(=O)NCc2cc(Cl)c3c(c2)OCCO3)C1. The zero-order valence-corrected chi connectivity index (χ0v) is 12.5. The molecule has 1 aliphatic carbocycles. The van der Waals surface area contributed by atoms with E-state index in [2.05, 4.69) is 5.32 Å². The number of hydrogen-bond donors (Lipinski definition) is 2. The van der Waals surface area contributed by atoms with Gasteiger partial charge in [-0.05, 0) is 37.0 Å². The Morgan fingerprint density at radius 2 is 2.14 bits per heavy atom. The maximum Gasteiger partial charge on any atom is 0.223 e. The number of carbonyl (C=O) groups excluding carboxylic acids is 1. The van der Waals surface area contributed by atoms with E-state index >= 15 is 0 Å². The van der Waals surface area contributed by atoms with Crippen LogP contribution in [0, 0.1) is 5.92 Å². The van der Waals surface area contributed by atoms with E-state index in [-0.39, 0.29) is 17.9 Å².